The molecule has 0 spiro atoms. The van der Waals surface area contributed by atoms with E-state index in [1.54, 1.807) is 6.07 Å². The summed E-state index contributed by atoms with van der Waals surface area (Å²) in [6.07, 6.45) is 0.417. The lowest BCUT2D eigenvalue weighted by Crippen LogP contribution is -2.41. The Balaban J connectivity index is 1.81. The van der Waals surface area contributed by atoms with Gasteiger partial charge in [0.05, 0.1) is 13.2 Å². The maximum Gasteiger partial charge on any atom is 0.224 e. The van der Waals surface area contributed by atoms with Crippen LogP contribution < -0.4 is 16.4 Å². The highest BCUT2D eigenvalue weighted by Crippen LogP contribution is 2.12. The third-order valence-corrected chi connectivity index (χ3v) is 3.11. The van der Waals surface area contributed by atoms with Gasteiger partial charge in [-0.05, 0) is 6.92 Å². The van der Waals surface area contributed by atoms with Crippen molar-refractivity contribution in [1.82, 2.24) is 14.9 Å². The van der Waals surface area contributed by atoms with Crippen molar-refractivity contribution in [3.8, 4) is 0 Å². The van der Waals surface area contributed by atoms with E-state index in [4.69, 9.17) is 10.5 Å². The molecule has 2 heterocycles. The molecule has 1 aliphatic rings. The molecule has 4 N–H and O–H groups in total. The standard InChI is InChI=1S/C13H22N6O2/c1-2-15-10-9-11(18-13(14)17-10)16-4-3-12(20)19-5-7-21-8-6-19/h9H,2-8H2,1H3,(H4,14,15,16,17,18). The number of carbonyl (C=O) groups is 1. The average molecular weight is 294 g/mol. The minimum Gasteiger partial charge on any atom is -0.378 e. The highest BCUT2D eigenvalue weighted by atomic mass is 16.5. The monoisotopic (exact) mass is 294 g/mol. The molecule has 116 valence electrons. The molecular formula is C13H22N6O2. The van der Waals surface area contributed by atoms with Crippen molar-refractivity contribution in [2.24, 2.45) is 0 Å². The van der Waals surface area contributed by atoms with Gasteiger partial charge in [-0.2, -0.15) is 9.97 Å². The van der Waals surface area contributed by atoms with E-state index in [1.807, 2.05) is 11.8 Å². The third-order valence-electron chi connectivity index (χ3n) is 3.11. The number of morpholine rings is 1. The second kappa shape index (κ2) is 7.63. The van der Waals surface area contributed by atoms with Gasteiger partial charge in [-0.1, -0.05) is 0 Å². The first kappa shape index (κ1) is 15.3. The van der Waals surface area contributed by atoms with E-state index in [-0.39, 0.29) is 11.9 Å². The molecule has 8 heteroatoms. The van der Waals surface area contributed by atoms with Crippen LogP contribution in [0, 0.1) is 0 Å². The highest BCUT2D eigenvalue weighted by molar-refractivity contribution is 5.76. The van der Waals surface area contributed by atoms with Gasteiger partial charge in [0.2, 0.25) is 11.9 Å². The number of aromatic nitrogens is 2. The van der Waals surface area contributed by atoms with E-state index < -0.39 is 0 Å². The predicted molar refractivity (Wildman–Crippen MR) is 81.1 cm³/mol. The van der Waals surface area contributed by atoms with Gasteiger partial charge in [0.1, 0.15) is 11.6 Å². The van der Waals surface area contributed by atoms with Gasteiger partial charge in [0.25, 0.3) is 0 Å². The summed E-state index contributed by atoms with van der Waals surface area (Å²) in [5.41, 5.74) is 5.65. The van der Waals surface area contributed by atoms with Gasteiger partial charge in [-0.15, -0.1) is 0 Å². The molecule has 0 radical (unpaired) electrons. The third kappa shape index (κ3) is 4.75. The lowest BCUT2D eigenvalue weighted by molar-refractivity contribution is -0.134. The van der Waals surface area contributed by atoms with Crippen LogP contribution in [0.4, 0.5) is 17.6 Å². The van der Waals surface area contributed by atoms with Gasteiger partial charge >= 0.3 is 0 Å². The molecule has 0 bridgehead atoms. The Bertz CT molecular complexity index is 476. The number of carbonyl (C=O) groups excluding carboxylic acids is 1. The maximum atomic E-state index is 12.0. The summed E-state index contributed by atoms with van der Waals surface area (Å²) < 4.78 is 5.23. The number of hydrogen-bond donors (Lipinski definition) is 3. The van der Waals surface area contributed by atoms with E-state index in [0.29, 0.717) is 50.9 Å². The van der Waals surface area contributed by atoms with Crippen molar-refractivity contribution < 1.29 is 9.53 Å². The van der Waals surface area contributed by atoms with E-state index in [1.165, 1.54) is 0 Å². The molecule has 0 saturated carbocycles. The highest BCUT2D eigenvalue weighted by Gasteiger charge is 2.16. The second-order valence-electron chi connectivity index (χ2n) is 4.70. The van der Waals surface area contributed by atoms with Crippen molar-refractivity contribution in [3.63, 3.8) is 0 Å². The smallest absolute Gasteiger partial charge is 0.224 e. The lowest BCUT2D eigenvalue weighted by Gasteiger charge is -2.26. The summed E-state index contributed by atoms with van der Waals surface area (Å²) in [4.78, 5) is 22.0. The summed E-state index contributed by atoms with van der Waals surface area (Å²) in [7, 11) is 0. The van der Waals surface area contributed by atoms with E-state index in [9.17, 15) is 4.79 Å². The first-order valence-electron chi connectivity index (χ1n) is 7.17. The number of nitrogens with zero attached hydrogens (tertiary/aromatic N) is 3. The van der Waals surface area contributed by atoms with Crippen LogP contribution in [0.15, 0.2) is 6.07 Å². The number of anilines is 3. The van der Waals surface area contributed by atoms with Crippen LogP contribution >= 0.6 is 0 Å². The molecular weight excluding hydrogens is 272 g/mol. The zero-order valence-corrected chi connectivity index (χ0v) is 12.3. The van der Waals surface area contributed by atoms with Crippen molar-refractivity contribution in [2.45, 2.75) is 13.3 Å². The quantitative estimate of drug-likeness (QED) is 0.686. The fourth-order valence-electron chi connectivity index (χ4n) is 2.10. The van der Waals surface area contributed by atoms with Crippen LogP contribution in [0.3, 0.4) is 0 Å². The second-order valence-corrected chi connectivity index (χ2v) is 4.70. The molecule has 21 heavy (non-hydrogen) atoms. The summed E-state index contributed by atoms with van der Waals surface area (Å²) in [5, 5.41) is 6.18. The Morgan fingerprint density at radius 3 is 2.67 bits per heavy atom. The summed E-state index contributed by atoms with van der Waals surface area (Å²) >= 11 is 0. The number of hydrogen-bond acceptors (Lipinski definition) is 7. The molecule has 1 fully saturated rings. The number of nitrogens with one attached hydrogen (secondary N) is 2. The Morgan fingerprint density at radius 2 is 2.00 bits per heavy atom. The number of nitrogens with two attached hydrogens (primary N) is 1. The van der Waals surface area contributed by atoms with Crippen LogP contribution in [-0.2, 0) is 9.53 Å². The molecule has 2 rings (SSSR count). The number of nitrogen functional groups attached to an aromatic ring is 1. The number of rotatable bonds is 6. The molecule has 0 aliphatic carbocycles. The van der Waals surface area contributed by atoms with Crippen molar-refractivity contribution >= 4 is 23.5 Å². The van der Waals surface area contributed by atoms with Crippen LogP contribution in [-0.4, -0.2) is 60.2 Å². The largest absolute Gasteiger partial charge is 0.378 e. The van der Waals surface area contributed by atoms with Crippen molar-refractivity contribution in [2.75, 3.05) is 55.8 Å². The summed E-state index contributed by atoms with van der Waals surface area (Å²) in [5.74, 6) is 1.62. The molecule has 0 unspecified atom stereocenters. The van der Waals surface area contributed by atoms with E-state index >= 15 is 0 Å². The zero-order valence-electron chi connectivity index (χ0n) is 12.3. The molecule has 1 saturated heterocycles. The fraction of sp³-hybridized carbons (Fsp3) is 0.615. The Morgan fingerprint density at radius 1 is 1.33 bits per heavy atom. The molecule has 0 aromatic carbocycles. The van der Waals surface area contributed by atoms with Crippen molar-refractivity contribution in [3.05, 3.63) is 6.07 Å². The number of amides is 1. The predicted octanol–water partition coefficient (Wildman–Crippen LogP) is 0.151. The van der Waals surface area contributed by atoms with Gasteiger partial charge in [-0.25, -0.2) is 0 Å². The topological polar surface area (TPSA) is 105 Å². The summed E-state index contributed by atoms with van der Waals surface area (Å²) in [6.45, 7) is 5.82. The fourth-order valence-corrected chi connectivity index (χ4v) is 2.10. The number of ether oxygens (including phenoxy) is 1. The molecule has 8 nitrogen and oxygen atoms in total. The minimum absolute atomic E-state index is 0.125. The molecule has 0 atom stereocenters. The van der Waals surface area contributed by atoms with Gasteiger partial charge < -0.3 is 26.0 Å². The Hall–Kier alpha value is -2.09. The zero-order chi connectivity index (χ0) is 15.1. The van der Waals surface area contributed by atoms with Gasteiger partial charge in [-0.3, -0.25) is 4.79 Å². The molecule has 1 amide bonds. The van der Waals surface area contributed by atoms with Crippen LogP contribution in [0.2, 0.25) is 0 Å². The summed E-state index contributed by atoms with van der Waals surface area (Å²) in [6, 6.07) is 1.78. The first-order chi connectivity index (χ1) is 10.2. The lowest BCUT2D eigenvalue weighted by atomic mass is 10.3. The normalized spacial score (nSPS) is 14.8. The maximum absolute atomic E-state index is 12.0. The SMILES string of the molecule is CCNc1cc(NCCC(=O)N2CCOCC2)nc(N)n1. The van der Waals surface area contributed by atoms with Gasteiger partial charge in [0, 0.05) is 38.7 Å². The van der Waals surface area contributed by atoms with E-state index in [2.05, 4.69) is 20.6 Å². The molecule has 1 aliphatic heterocycles. The minimum atomic E-state index is 0.125. The van der Waals surface area contributed by atoms with E-state index in [0.717, 1.165) is 6.54 Å². The first-order valence-corrected chi connectivity index (χ1v) is 7.17. The van der Waals surface area contributed by atoms with Crippen molar-refractivity contribution in [1.29, 1.82) is 0 Å². The average Bonchev–Trinajstić information content (AvgIpc) is 2.48. The molecule has 1 aromatic heterocycles. The van der Waals surface area contributed by atoms with Gasteiger partial charge in [0.15, 0.2) is 0 Å². The Labute approximate surface area is 124 Å². The van der Waals surface area contributed by atoms with Crippen LogP contribution in [0.5, 0.6) is 0 Å². The molecule has 1 aromatic rings. The van der Waals surface area contributed by atoms with Crippen LogP contribution in [0.1, 0.15) is 13.3 Å². The Kier molecular flexibility index (Phi) is 5.56. The van der Waals surface area contributed by atoms with Crippen LogP contribution in [0.25, 0.3) is 0 Å².